The van der Waals surface area contributed by atoms with Crippen LogP contribution in [0.3, 0.4) is 0 Å². The Hall–Kier alpha value is -1.93. The number of benzene rings is 1. The van der Waals surface area contributed by atoms with E-state index in [1.54, 1.807) is 37.3 Å². The van der Waals surface area contributed by atoms with Crippen LogP contribution in [-0.4, -0.2) is 37.8 Å². The Morgan fingerprint density at radius 2 is 1.90 bits per heavy atom. The maximum atomic E-state index is 11.9. The molecule has 0 heterocycles. The molecule has 1 atom stereocenters. The molecule has 0 fully saturated rings. The monoisotopic (exact) mass is 315 g/mol. The van der Waals surface area contributed by atoms with Crippen LogP contribution in [0, 0.1) is 0 Å². The van der Waals surface area contributed by atoms with Crippen molar-refractivity contribution >= 4 is 22.0 Å². The Kier molecular flexibility index (Phi) is 6.32. The average Bonchev–Trinajstić information content (AvgIpc) is 2.37. The maximum Gasteiger partial charge on any atom is 0.322 e. The van der Waals surface area contributed by atoms with Crippen molar-refractivity contribution in [3.63, 3.8) is 0 Å². The van der Waals surface area contributed by atoms with Crippen molar-refractivity contribution in [2.24, 2.45) is 0 Å². The van der Waals surface area contributed by atoms with E-state index in [0.29, 0.717) is 5.56 Å². The Labute approximate surface area is 123 Å². The number of carboxylic acid groups (broad SMARTS) is 1. The number of hydrogen-bond donors (Lipinski definition) is 2. The first-order valence-electron chi connectivity index (χ1n) is 6.26. The van der Waals surface area contributed by atoms with E-state index in [1.807, 2.05) is 0 Å². The van der Waals surface area contributed by atoms with Gasteiger partial charge in [0.1, 0.15) is 0 Å². The summed E-state index contributed by atoms with van der Waals surface area (Å²) in [4.78, 5) is 22.1. The number of esters is 1. The quantitative estimate of drug-likeness (QED) is 0.683. The minimum Gasteiger partial charge on any atom is -0.481 e. The lowest BCUT2D eigenvalue weighted by Gasteiger charge is -2.17. The summed E-state index contributed by atoms with van der Waals surface area (Å²) < 4.78 is 30.5. The van der Waals surface area contributed by atoms with Gasteiger partial charge in [0.15, 0.2) is 5.75 Å². The number of carbonyl (C=O) groups excluding carboxylic acids is 1. The molecule has 0 saturated carbocycles. The molecule has 0 saturated heterocycles. The summed E-state index contributed by atoms with van der Waals surface area (Å²) in [6, 6.07) is 7.35. The van der Waals surface area contributed by atoms with Crippen molar-refractivity contribution in [1.29, 1.82) is 0 Å². The van der Waals surface area contributed by atoms with Crippen LogP contribution >= 0.6 is 0 Å². The highest BCUT2D eigenvalue weighted by molar-refractivity contribution is 7.90. The SMILES string of the molecule is CCOC(=O)CS(=O)(=O)NC(CC(=O)O)c1ccccc1. The molecule has 21 heavy (non-hydrogen) atoms. The molecule has 1 unspecified atom stereocenters. The molecule has 0 aromatic heterocycles. The summed E-state index contributed by atoms with van der Waals surface area (Å²) in [5.41, 5.74) is 0.507. The van der Waals surface area contributed by atoms with Crippen LogP contribution in [0.5, 0.6) is 0 Å². The van der Waals surface area contributed by atoms with Crippen LogP contribution in [-0.2, 0) is 24.3 Å². The number of hydrogen-bond acceptors (Lipinski definition) is 5. The predicted octanol–water partition coefficient (Wildman–Crippen LogP) is 0.685. The number of carbonyl (C=O) groups is 2. The van der Waals surface area contributed by atoms with Crippen molar-refractivity contribution < 1.29 is 27.9 Å². The van der Waals surface area contributed by atoms with Gasteiger partial charge in [-0.05, 0) is 12.5 Å². The zero-order valence-corrected chi connectivity index (χ0v) is 12.3. The molecule has 0 aliphatic rings. The van der Waals surface area contributed by atoms with Crippen LogP contribution in [0.1, 0.15) is 24.9 Å². The normalized spacial score (nSPS) is 12.6. The molecule has 1 aromatic rings. The second-order valence-corrected chi connectivity index (χ2v) is 6.00. The van der Waals surface area contributed by atoms with Gasteiger partial charge in [0.05, 0.1) is 19.1 Å². The molecule has 116 valence electrons. The van der Waals surface area contributed by atoms with Crippen molar-refractivity contribution in [2.45, 2.75) is 19.4 Å². The Morgan fingerprint density at radius 1 is 1.29 bits per heavy atom. The highest BCUT2D eigenvalue weighted by Gasteiger charge is 2.24. The van der Waals surface area contributed by atoms with Crippen LogP contribution in [0.15, 0.2) is 30.3 Å². The molecule has 0 spiro atoms. The molecule has 1 rings (SSSR count). The van der Waals surface area contributed by atoms with Gasteiger partial charge in [-0.25, -0.2) is 13.1 Å². The van der Waals surface area contributed by atoms with Crippen molar-refractivity contribution in [3.05, 3.63) is 35.9 Å². The highest BCUT2D eigenvalue weighted by Crippen LogP contribution is 2.17. The predicted molar refractivity (Wildman–Crippen MR) is 75.0 cm³/mol. The van der Waals surface area contributed by atoms with Gasteiger partial charge in [-0.2, -0.15) is 0 Å². The zero-order chi connectivity index (χ0) is 15.9. The minimum atomic E-state index is -3.98. The molecule has 0 aliphatic heterocycles. The van der Waals surface area contributed by atoms with Crippen LogP contribution in [0.2, 0.25) is 0 Å². The standard InChI is InChI=1S/C13H17NO6S/c1-2-20-13(17)9-21(18,19)14-11(8-12(15)16)10-6-4-3-5-7-10/h3-7,11,14H,2,8-9H2,1H3,(H,15,16). The maximum absolute atomic E-state index is 11.9. The molecule has 7 nitrogen and oxygen atoms in total. The molecule has 8 heteroatoms. The molecule has 0 amide bonds. The van der Waals surface area contributed by atoms with E-state index in [4.69, 9.17) is 5.11 Å². The van der Waals surface area contributed by atoms with Crippen molar-refractivity contribution in [1.82, 2.24) is 4.72 Å². The lowest BCUT2D eigenvalue weighted by Crippen LogP contribution is -2.35. The summed E-state index contributed by atoms with van der Waals surface area (Å²) in [5, 5.41) is 8.88. The van der Waals surface area contributed by atoms with Crippen molar-refractivity contribution in [3.8, 4) is 0 Å². The molecule has 1 aromatic carbocycles. The summed E-state index contributed by atoms with van der Waals surface area (Å²) in [6.45, 7) is 1.64. The first-order chi connectivity index (χ1) is 9.84. The minimum absolute atomic E-state index is 0.0750. The van der Waals surface area contributed by atoms with E-state index in [2.05, 4.69) is 9.46 Å². The van der Waals surface area contributed by atoms with Gasteiger partial charge in [-0.15, -0.1) is 0 Å². The van der Waals surface area contributed by atoms with Gasteiger partial charge in [0, 0.05) is 0 Å². The van der Waals surface area contributed by atoms with E-state index >= 15 is 0 Å². The molecule has 2 N–H and O–H groups in total. The van der Waals surface area contributed by atoms with Crippen LogP contribution < -0.4 is 4.72 Å². The summed E-state index contributed by atoms with van der Waals surface area (Å²) in [7, 11) is -3.98. The Balaban J connectivity index is 2.86. The number of ether oxygens (including phenoxy) is 1. The number of aliphatic carboxylic acids is 1. The first-order valence-corrected chi connectivity index (χ1v) is 7.91. The topological polar surface area (TPSA) is 110 Å². The third kappa shape index (κ3) is 6.37. The zero-order valence-electron chi connectivity index (χ0n) is 11.5. The van der Waals surface area contributed by atoms with E-state index in [0.717, 1.165) is 0 Å². The summed E-state index contributed by atoms with van der Waals surface area (Å²) in [6.07, 6.45) is -0.425. The van der Waals surface area contributed by atoms with E-state index in [-0.39, 0.29) is 6.61 Å². The summed E-state index contributed by atoms with van der Waals surface area (Å²) >= 11 is 0. The third-order valence-electron chi connectivity index (χ3n) is 2.52. The van der Waals surface area contributed by atoms with Gasteiger partial charge in [0.2, 0.25) is 10.0 Å². The van der Waals surface area contributed by atoms with E-state index < -0.39 is 40.2 Å². The van der Waals surface area contributed by atoms with Gasteiger partial charge in [-0.3, -0.25) is 9.59 Å². The van der Waals surface area contributed by atoms with Gasteiger partial charge < -0.3 is 9.84 Å². The molecular formula is C13H17NO6S. The second kappa shape index (κ2) is 7.75. The van der Waals surface area contributed by atoms with Crippen molar-refractivity contribution in [2.75, 3.05) is 12.4 Å². The molecule has 0 bridgehead atoms. The van der Waals surface area contributed by atoms with E-state index in [1.165, 1.54) is 0 Å². The smallest absolute Gasteiger partial charge is 0.322 e. The second-order valence-electron chi connectivity index (χ2n) is 4.24. The summed E-state index contributed by atoms with van der Waals surface area (Å²) in [5.74, 6) is -2.88. The fraction of sp³-hybridized carbons (Fsp3) is 0.385. The molecule has 0 radical (unpaired) electrons. The van der Waals surface area contributed by atoms with Gasteiger partial charge >= 0.3 is 11.9 Å². The van der Waals surface area contributed by atoms with Crippen LogP contribution in [0.4, 0.5) is 0 Å². The third-order valence-corrected chi connectivity index (χ3v) is 3.78. The number of sulfonamides is 1. The van der Waals surface area contributed by atoms with Crippen LogP contribution in [0.25, 0.3) is 0 Å². The number of rotatable bonds is 8. The van der Waals surface area contributed by atoms with Gasteiger partial charge in [-0.1, -0.05) is 30.3 Å². The fourth-order valence-electron chi connectivity index (χ4n) is 1.70. The largest absolute Gasteiger partial charge is 0.481 e. The fourth-order valence-corrected chi connectivity index (χ4v) is 2.83. The average molecular weight is 315 g/mol. The Bertz CT molecular complexity index is 584. The van der Waals surface area contributed by atoms with E-state index in [9.17, 15) is 18.0 Å². The number of nitrogens with one attached hydrogen (secondary N) is 1. The first kappa shape index (κ1) is 17.1. The Morgan fingerprint density at radius 3 is 2.43 bits per heavy atom. The molecular weight excluding hydrogens is 298 g/mol. The number of carboxylic acids is 1. The highest BCUT2D eigenvalue weighted by atomic mass is 32.2. The molecule has 0 aliphatic carbocycles. The lowest BCUT2D eigenvalue weighted by molar-refractivity contribution is -0.140. The van der Waals surface area contributed by atoms with Gasteiger partial charge in [0.25, 0.3) is 0 Å². The lowest BCUT2D eigenvalue weighted by atomic mass is 10.1.